The third kappa shape index (κ3) is 3.62. The van der Waals surface area contributed by atoms with Gasteiger partial charge in [-0.3, -0.25) is 0 Å². The van der Waals surface area contributed by atoms with Crippen molar-refractivity contribution in [1.82, 2.24) is 9.78 Å². The molecule has 0 fully saturated rings. The maximum absolute atomic E-state index is 11.0. The van der Waals surface area contributed by atoms with Crippen LogP contribution in [-0.4, -0.2) is 36.8 Å². The molecule has 98 valence electrons. The third-order valence-electron chi connectivity index (χ3n) is 2.39. The Morgan fingerprint density at radius 2 is 2.06 bits per heavy atom. The smallest absolute Gasteiger partial charge is 0.149 e. The van der Waals surface area contributed by atoms with Gasteiger partial charge >= 0.3 is 0 Å². The molecule has 7 heteroatoms. The van der Waals surface area contributed by atoms with Crippen LogP contribution in [0.3, 0.4) is 0 Å². The highest BCUT2D eigenvalue weighted by Crippen LogP contribution is 2.25. The number of aryl methyl sites for hydroxylation is 1. The second-order valence-electron chi connectivity index (χ2n) is 4.44. The van der Waals surface area contributed by atoms with E-state index in [1.807, 2.05) is 20.8 Å². The van der Waals surface area contributed by atoms with Crippen LogP contribution in [0.5, 0.6) is 0 Å². The predicted molar refractivity (Wildman–Crippen MR) is 70.0 cm³/mol. The van der Waals surface area contributed by atoms with Gasteiger partial charge in [-0.25, -0.2) is 13.1 Å². The standard InChI is InChI=1S/C10H20N4O2S/c1-7(2)14-10(9(11)8(3)13-14)12-5-6-17(4,15)16/h7,12H,5-6,11H2,1-4H3. The van der Waals surface area contributed by atoms with Gasteiger partial charge in [-0.1, -0.05) is 0 Å². The minimum atomic E-state index is -2.97. The first kappa shape index (κ1) is 13.8. The SMILES string of the molecule is Cc1nn(C(C)C)c(NCCS(C)(=O)=O)c1N. The molecule has 17 heavy (non-hydrogen) atoms. The number of aromatic nitrogens is 2. The molecule has 0 radical (unpaired) electrons. The van der Waals surface area contributed by atoms with E-state index < -0.39 is 9.84 Å². The summed E-state index contributed by atoms with van der Waals surface area (Å²) in [6.45, 7) is 6.15. The van der Waals surface area contributed by atoms with Gasteiger partial charge in [0.15, 0.2) is 0 Å². The van der Waals surface area contributed by atoms with Crippen LogP contribution in [0, 0.1) is 6.92 Å². The van der Waals surface area contributed by atoms with Crippen LogP contribution in [-0.2, 0) is 9.84 Å². The first-order valence-electron chi connectivity index (χ1n) is 5.48. The van der Waals surface area contributed by atoms with Gasteiger partial charge in [0.25, 0.3) is 0 Å². The van der Waals surface area contributed by atoms with Crippen LogP contribution in [0.1, 0.15) is 25.6 Å². The van der Waals surface area contributed by atoms with Crippen LogP contribution < -0.4 is 11.1 Å². The zero-order valence-corrected chi connectivity index (χ0v) is 11.5. The molecule has 1 aromatic heterocycles. The van der Waals surface area contributed by atoms with Gasteiger partial charge in [0, 0.05) is 18.8 Å². The highest BCUT2D eigenvalue weighted by Gasteiger charge is 2.14. The number of sulfone groups is 1. The highest BCUT2D eigenvalue weighted by molar-refractivity contribution is 7.90. The Morgan fingerprint density at radius 1 is 1.47 bits per heavy atom. The van der Waals surface area contributed by atoms with Gasteiger partial charge < -0.3 is 11.1 Å². The normalized spacial score (nSPS) is 12.1. The number of nitrogens with zero attached hydrogens (tertiary/aromatic N) is 2. The molecule has 0 atom stereocenters. The molecule has 1 heterocycles. The van der Waals surface area contributed by atoms with Crippen LogP contribution in [0.25, 0.3) is 0 Å². The monoisotopic (exact) mass is 260 g/mol. The molecule has 6 nitrogen and oxygen atoms in total. The molecule has 0 amide bonds. The average Bonchev–Trinajstić information content (AvgIpc) is 2.44. The Morgan fingerprint density at radius 3 is 2.53 bits per heavy atom. The summed E-state index contributed by atoms with van der Waals surface area (Å²) in [6.07, 6.45) is 1.21. The molecule has 3 N–H and O–H groups in total. The Labute approximate surface area is 102 Å². The largest absolute Gasteiger partial charge is 0.394 e. The van der Waals surface area contributed by atoms with E-state index in [1.165, 1.54) is 6.26 Å². The summed E-state index contributed by atoms with van der Waals surface area (Å²) < 4.78 is 23.8. The quantitative estimate of drug-likeness (QED) is 0.817. The summed E-state index contributed by atoms with van der Waals surface area (Å²) in [5.74, 6) is 0.774. The van der Waals surface area contributed by atoms with E-state index in [0.717, 1.165) is 5.69 Å². The Bertz CT molecular complexity index is 491. The van der Waals surface area contributed by atoms with Crippen LogP contribution in [0.4, 0.5) is 11.5 Å². The van der Waals surface area contributed by atoms with Crippen molar-refractivity contribution in [3.8, 4) is 0 Å². The number of nitrogens with two attached hydrogens (primary N) is 1. The van der Waals surface area contributed by atoms with Crippen molar-refractivity contribution in [1.29, 1.82) is 0 Å². The van der Waals surface area contributed by atoms with E-state index in [1.54, 1.807) is 4.68 Å². The Hall–Kier alpha value is -1.24. The second-order valence-corrected chi connectivity index (χ2v) is 6.70. The maximum Gasteiger partial charge on any atom is 0.149 e. The van der Waals surface area contributed by atoms with Gasteiger partial charge in [0.1, 0.15) is 15.7 Å². The highest BCUT2D eigenvalue weighted by atomic mass is 32.2. The maximum atomic E-state index is 11.0. The number of anilines is 2. The van der Waals surface area contributed by atoms with Gasteiger partial charge in [0.05, 0.1) is 17.1 Å². The van der Waals surface area contributed by atoms with Crippen molar-refractivity contribution in [3.63, 3.8) is 0 Å². The second kappa shape index (κ2) is 4.95. The lowest BCUT2D eigenvalue weighted by Crippen LogP contribution is -2.17. The molecule has 0 saturated carbocycles. The minimum absolute atomic E-state index is 0.0781. The van der Waals surface area contributed by atoms with Crippen LogP contribution in [0.2, 0.25) is 0 Å². The summed E-state index contributed by atoms with van der Waals surface area (Å²) >= 11 is 0. The van der Waals surface area contributed by atoms with Gasteiger partial charge in [-0.15, -0.1) is 0 Å². The topological polar surface area (TPSA) is 90.0 Å². The lowest BCUT2D eigenvalue weighted by atomic mass is 10.3. The lowest BCUT2D eigenvalue weighted by molar-refractivity contribution is 0.534. The molecule has 0 saturated heterocycles. The summed E-state index contributed by atoms with van der Waals surface area (Å²) in [5.41, 5.74) is 7.22. The number of nitrogen functional groups attached to an aromatic ring is 1. The van der Waals surface area contributed by atoms with E-state index in [2.05, 4.69) is 10.4 Å². The molecule has 1 aromatic rings. The Balaban J connectivity index is 2.83. The van der Waals surface area contributed by atoms with Crippen molar-refractivity contribution in [2.75, 3.05) is 29.6 Å². The fourth-order valence-corrected chi connectivity index (χ4v) is 1.94. The number of hydrogen-bond acceptors (Lipinski definition) is 5. The summed E-state index contributed by atoms with van der Waals surface area (Å²) in [6, 6.07) is 0.173. The number of hydrogen-bond donors (Lipinski definition) is 2. The number of rotatable bonds is 5. The molecule has 0 unspecified atom stereocenters. The Kier molecular flexibility index (Phi) is 4.03. The molecule has 0 spiro atoms. The van der Waals surface area contributed by atoms with Crippen LogP contribution >= 0.6 is 0 Å². The number of nitrogens with one attached hydrogen (secondary N) is 1. The zero-order chi connectivity index (χ0) is 13.2. The molecule has 0 aliphatic rings. The van der Waals surface area contributed by atoms with Gasteiger partial charge in [-0.2, -0.15) is 5.10 Å². The summed E-state index contributed by atoms with van der Waals surface area (Å²) in [5, 5.41) is 7.34. The van der Waals surface area contributed by atoms with E-state index >= 15 is 0 Å². The van der Waals surface area contributed by atoms with E-state index in [-0.39, 0.29) is 11.8 Å². The first-order valence-corrected chi connectivity index (χ1v) is 7.54. The third-order valence-corrected chi connectivity index (χ3v) is 3.33. The molecular weight excluding hydrogens is 240 g/mol. The van der Waals surface area contributed by atoms with Crippen molar-refractivity contribution in [3.05, 3.63) is 5.69 Å². The van der Waals surface area contributed by atoms with Crippen molar-refractivity contribution < 1.29 is 8.42 Å². The van der Waals surface area contributed by atoms with Crippen molar-refractivity contribution in [2.24, 2.45) is 0 Å². The van der Waals surface area contributed by atoms with E-state index in [9.17, 15) is 8.42 Å². The fraction of sp³-hybridized carbons (Fsp3) is 0.700. The summed E-state index contributed by atoms with van der Waals surface area (Å²) in [7, 11) is -2.97. The fourth-order valence-electron chi connectivity index (χ4n) is 1.46. The van der Waals surface area contributed by atoms with Gasteiger partial charge in [0.2, 0.25) is 0 Å². The molecule has 0 aromatic carbocycles. The average molecular weight is 260 g/mol. The molecule has 0 aliphatic heterocycles. The molecule has 1 rings (SSSR count). The predicted octanol–water partition coefficient (Wildman–Crippen LogP) is 0.811. The van der Waals surface area contributed by atoms with Crippen molar-refractivity contribution in [2.45, 2.75) is 26.8 Å². The van der Waals surface area contributed by atoms with E-state index in [0.29, 0.717) is 18.1 Å². The first-order chi connectivity index (χ1) is 7.72. The molecular formula is C10H20N4O2S. The van der Waals surface area contributed by atoms with E-state index in [4.69, 9.17) is 5.73 Å². The van der Waals surface area contributed by atoms with Crippen molar-refractivity contribution >= 4 is 21.3 Å². The lowest BCUT2D eigenvalue weighted by Gasteiger charge is -2.12. The summed E-state index contributed by atoms with van der Waals surface area (Å²) in [4.78, 5) is 0. The zero-order valence-electron chi connectivity index (χ0n) is 10.7. The molecule has 0 aliphatic carbocycles. The minimum Gasteiger partial charge on any atom is -0.394 e. The van der Waals surface area contributed by atoms with Gasteiger partial charge in [-0.05, 0) is 20.8 Å². The molecule has 0 bridgehead atoms. The van der Waals surface area contributed by atoms with Crippen LogP contribution in [0.15, 0.2) is 0 Å².